The number of hydrogen-bond donors (Lipinski definition) is 6. The zero-order valence-corrected chi connectivity index (χ0v) is 58.3. The predicted octanol–water partition coefficient (Wildman–Crippen LogP) is 7.55. The van der Waals surface area contributed by atoms with Crippen molar-refractivity contribution < 1.29 is 70.8 Å². The molecule has 7 aromatic rings. The molecule has 2 fully saturated rings. The van der Waals surface area contributed by atoms with E-state index in [4.69, 9.17) is 25.4 Å². The maximum Gasteiger partial charge on any atom is 0.410 e. The Morgan fingerprint density at radius 3 is 1.87 bits per heavy atom. The van der Waals surface area contributed by atoms with Crippen LogP contribution in [0.25, 0.3) is 21.9 Å². The van der Waals surface area contributed by atoms with Crippen LogP contribution in [0.3, 0.4) is 0 Å². The van der Waals surface area contributed by atoms with Gasteiger partial charge in [-0.15, -0.1) is 11.5 Å². The van der Waals surface area contributed by atoms with Gasteiger partial charge >= 0.3 is 18.2 Å². The van der Waals surface area contributed by atoms with E-state index in [1.165, 1.54) is 23.6 Å². The number of amides is 7. The van der Waals surface area contributed by atoms with Crippen molar-refractivity contribution in [2.75, 3.05) is 26.8 Å². The van der Waals surface area contributed by atoms with Crippen LogP contribution < -0.4 is 35.5 Å². The standard InChI is InChI=1S/C75H84N10O15S/c1-10-35-97-53-29-24-46(25-30-53)37-62(68(88)81-101(95,96)55-33-34-55)76-67(87)61(39-48-23-28-49-17-11-12-18-50(49)36-48)77-69(89)64-40-52(42-84(64)70(90)65(74(3,4)5)79-66(86)45(2)83(9)73(94)100-75(6,7)8)85-41-51(80-82-85)43-98-54-31-26-47(27-32-54)38-63(71(91)92)78-72(93)99-44-60-58-21-15-13-19-56(58)57-20-14-16-22-59(57)60/h1,11-32,36,41,45,52,55,60-65H,33-35,37-40,42-44H2,2-9H3,(H,76,87)(H,77,89)(H,78,93)(H,79,86)(H,81,88)(H,91,92)/t45?,52-,61?,62?,63?,64-,65?/m0/s1. The van der Waals surface area contributed by atoms with Gasteiger partial charge in [0.1, 0.15) is 78.9 Å². The summed E-state index contributed by atoms with van der Waals surface area (Å²) in [4.78, 5) is 116. The molecule has 25 nitrogen and oxygen atoms in total. The third kappa shape index (κ3) is 18.5. The summed E-state index contributed by atoms with van der Waals surface area (Å²) in [5.41, 5.74) is 4.25. The molecule has 2 heterocycles. The van der Waals surface area contributed by atoms with Crippen molar-refractivity contribution in [2.45, 2.75) is 153 Å². The summed E-state index contributed by atoms with van der Waals surface area (Å²) in [5.74, 6) is -2.32. The van der Waals surface area contributed by atoms with Gasteiger partial charge in [-0.05, 0) is 120 Å². The summed E-state index contributed by atoms with van der Waals surface area (Å²) in [6.07, 6.45) is 5.52. The lowest BCUT2D eigenvalue weighted by Gasteiger charge is -2.37. The van der Waals surface area contributed by atoms with E-state index < -0.39 is 116 Å². The van der Waals surface area contributed by atoms with Gasteiger partial charge in [0.15, 0.2) is 0 Å². The predicted molar refractivity (Wildman–Crippen MR) is 374 cm³/mol. The van der Waals surface area contributed by atoms with E-state index in [1.807, 2.05) is 84.9 Å². The van der Waals surface area contributed by atoms with Crippen LogP contribution in [0.5, 0.6) is 11.5 Å². The Morgan fingerprint density at radius 2 is 1.27 bits per heavy atom. The number of likely N-dealkylation sites (tertiary alicyclic amines) is 1. The van der Waals surface area contributed by atoms with Crippen molar-refractivity contribution >= 4 is 68.5 Å². The number of carboxylic acid groups (broad SMARTS) is 1. The average molecular weight is 1400 g/mol. The van der Waals surface area contributed by atoms with Gasteiger partial charge in [0.25, 0.3) is 5.91 Å². The van der Waals surface area contributed by atoms with Crippen LogP contribution in [0.1, 0.15) is 113 Å². The van der Waals surface area contributed by atoms with Gasteiger partial charge in [0.05, 0.1) is 17.5 Å². The van der Waals surface area contributed by atoms with Crippen molar-refractivity contribution in [1.29, 1.82) is 0 Å². The fourth-order valence-electron chi connectivity index (χ4n) is 12.2. The van der Waals surface area contributed by atoms with E-state index in [1.54, 1.807) is 102 Å². The van der Waals surface area contributed by atoms with Crippen molar-refractivity contribution in [3.63, 3.8) is 0 Å². The Hall–Kier alpha value is -10.8. The highest BCUT2D eigenvalue weighted by atomic mass is 32.2. The number of benzene rings is 6. The number of likely N-dealkylation sites (N-methyl/N-ethyl adjacent to an activating group) is 1. The quantitative estimate of drug-likeness (QED) is 0.0271. The molecule has 7 atom stereocenters. The Balaban J connectivity index is 0.874. The Kier molecular flexibility index (Phi) is 22.5. The fraction of sp³-hybridized carbons (Fsp3) is 0.387. The molecular formula is C75H84N10O15S. The zero-order valence-electron chi connectivity index (χ0n) is 57.5. The Morgan fingerprint density at radius 1 is 0.693 bits per heavy atom. The van der Waals surface area contributed by atoms with Gasteiger partial charge in [-0.1, -0.05) is 147 Å². The first kappa shape index (κ1) is 72.9. The molecule has 26 heteroatoms. The smallest absolute Gasteiger partial charge is 0.410 e. The van der Waals surface area contributed by atoms with Crippen molar-refractivity contribution in [3.05, 3.63) is 179 Å². The number of aliphatic carboxylic acids is 1. The van der Waals surface area contributed by atoms with Gasteiger partial charge in [-0.3, -0.25) is 33.6 Å². The molecule has 7 amide bonds. The number of terminal acetylenes is 1. The summed E-state index contributed by atoms with van der Waals surface area (Å²) in [7, 11) is -2.72. The molecule has 2 aliphatic carbocycles. The first-order chi connectivity index (χ1) is 48.0. The zero-order chi connectivity index (χ0) is 72.5. The van der Waals surface area contributed by atoms with Crippen molar-refractivity contribution in [3.8, 4) is 35.0 Å². The molecule has 530 valence electrons. The van der Waals surface area contributed by atoms with Gasteiger partial charge in [-0.25, -0.2) is 27.5 Å². The van der Waals surface area contributed by atoms with Crippen LogP contribution >= 0.6 is 0 Å². The second kappa shape index (κ2) is 31.2. The highest BCUT2D eigenvalue weighted by molar-refractivity contribution is 7.91. The first-order valence-corrected chi connectivity index (χ1v) is 34.9. The summed E-state index contributed by atoms with van der Waals surface area (Å²) in [6, 6.07) is 33.0. The number of rotatable bonds is 27. The molecule has 1 saturated carbocycles. The molecular weight excluding hydrogens is 1310 g/mol. The maximum atomic E-state index is 15.5. The van der Waals surface area contributed by atoms with Gasteiger partial charge in [0, 0.05) is 45.2 Å². The third-order valence-electron chi connectivity index (χ3n) is 17.9. The lowest BCUT2D eigenvalue weighted by atomic mass is 9.85. The average Bonchev–Trinajstić information content (AvgIpc) is 1.64. The summed E-state index contributed by atoms with van der Waals surface area (Å²) < 4.78 is 53.0. The minimum atomic E-state index is -4.11. The van der Waals surface area contributed by atoms with Crippen LogP contribution in [0.4, 0.5) is 9.59 Å². The maximum absolute atomic E-state index is 15.5. The molecule has 0 radical (unpaired) electrons. The van der Waals surface area contributed by atoms with E-state index >= 15 is 14.4 Å². The second-order valence-corrected chi connectivity index (χ2v) is 29.7. The minimum Gasteiger partial charge on any atom is -0.487 e. The number of carbonyl (C=O) groups excluding carboxylic acids is 7. The van der Waals surface area contributed by atoms with E-state index in [2.05, 4.69) is 42.2 Å². The Labute approximate surface area is 586 Å². The van der Waals surface area contributed by atoms with Crippen LogP contribution in [0.15, 0.2) is 146 Å². The molecule has 0 spiro atoms. The van der Waals surface area contributed by atoms with E-state index in [0.717, 1.165) is 37.9 Å². The number of carbonyl (C=O) groups is 8. The van der Waals surface area contributed by atoms with Gasteiger partial charge in [-0.2, -0.15) is 0 Å². The number of carboxylic acids is 1. The highest BCUT2D eigenvalue weighted by Gasteiger charge is 2.48. The van der Waals surface area contributed by atoms with E-state index in [9.17, 15) is 37.5 Å². The minimum absolute atomic E-state index is 0.00558. The monoisotopic (exact) mass is 1400 g/mol. The number of sulfonamides is 1. The van der Waals surface area contributed by atoms with E-state index in [-0.39, 0.29) is 58.0 Å². The van der Waals surface area contributed by atoms with Crippen molar-refractivity contribution in [1.82, 2.24) is 50.8 Å². The number of nitrogens with one attached hydrogen (secondary N) is 5. The summed E-state index contributed by atoms with van der Waals surface area (Å²) in [6.45, 7) is 11.4. The Bertz CT molecular complexity index is 4340. The normalized spacial score (nSPS) is 16.5. The lowest BCUT2D eigenvalue weighted by Crippen LogP contribution is -2.61. The second-order valence-electron chi connectivity index (χ2n) is 27.7. The molecule has 1 saturated heterocycles. The number of aromatic nitrogens is 3. The number of fused-ring (bicyclic) bond motifs is 4. The van der Waals surface area contributed by atoms with E-state index in [0.29, 0.717) is 46.7 Å². The van der Waals surface area contributed by atoms with Crippen molar-refractivity contribution in [2.24, 2.45) is 5.41 Å². The first-order valence-electron chi connectivity index (χ1n) is 33.3. The van der Waals surface area contributed by atoms with Crippen LogP contribution in [-0.2, 0) is 74.1 Å². The molecule has 1 aliphatic heterocycles. The summed E-state index contributed by atoms with van der Waals surface area (Å²) in [5, 5.41) is 30.9. The molecule has 0 bridgehead atoms. The summed E-state index contributed by atoms with van der Waals surface area (Å²) >= 11 is 0. The van der Waals surface area contributed by atoms with Crippen LogP contribution in [0, 0.1) is 17.8 Å². The molecule has 10 rings (SSSR count). The largest absolute Gasteiger partial charge is 0.487 e. The molecule has 6 aromatic carbocycles. The topological polar surface area (TPSA) is 325 Å². The number of hydrogen-bond acceptors (Lipinski definition) is 16. The van der Waals surface area contributed by atoms with Gasteiger partial charge < -0.3 is 50.2 Å². The number of nitrogens with zero attached hydrogens (tertiary/aromatic N) is 5. The molecule has 5 unspecified atom stereocenters. The molecule has 1 aromatic heterocycles. The molecule has 3 aliphatic rings. The lowest BCUT2D eigenvalue weighted by molar-refractivity contribution is -0.145. The molecule has 101 heavy (non-hydrogen) atoms. The van der Waals surface area contributed by atoms with Crippen LogP contribution in [0.2, 0.25) is 0 Å². The third-order valence-corrected chi connectivity index (χ3v) is 19.8. The van der Waals surface area contributed by atoms with Gasteiger partial charge in [0.2, 0.25) is 33.7 Å². The fourth-order valence-corrected chi connectivity index (χ4v) is 13.6. The highest BCUT2D eigenvalue weighted by Crippen LogP contribution is 2.45. The number of ether oxygens (including phenoxy) is 4. The SMILES string of the molecule is C#CCOc1ccc(CC(NC(=O)C(Cc2ccc3ccccc3c2)NC(=O)[C@@H]2C[C@H](n3cc(COc4ccc(CC(NC(=O)OCC5c6ccccc6-c6ccccc65)C(=O)O)cc4)nn3)CN2C(=O)C(NC(=O)C(C)N(C)C(=O)OC(C)(C)C)C(C)(C)C)C(=O)NS(=O)(=O)C2CC2)cc1. The van der Waals surface area contributed by atoms with Crippen LogP contribution in [-0.4, -0.2) is 160 Å². The molecule has 6 N–H and O–H groups in total. The number of alkyl carbamates (subject to hydrolysis) is 1.